The van der Waals surface area contributed by atoms with Crippen molar-refractivity contribution in [1.29, 1.82) is 0 Å². The van der Waals surface area contributed by atoms with Gasteiger partial charge in [-0.25, -0.2) is 0 Å². The Labute approximate surface area is 150 Å². The molecule has 0 amide bonds. The van der Waals surface area contributed by atoms with Crippen LogP contribution < -0.4 is 0 Å². The van der Waals surface area contributed by atoms with Crippen molar-refractivity contribution in [1.82, 2.24) is 0 Å². The van der Waals surface area contributed by atoms with Crippen LogP contribution in [-0.2, 0) is 18.8 Å². The number of aliphatic hydroxyl groups is 1. The molecule has 2 rings (SSSR count). The second-order valence-corrected chi connectivity index (χ2v) is 13.0. The molecule has 2 aliphatic carbocycles. The van der Waals surface area contributed by atoms with Gasteiger partial charge in [0.15, 0.2) is 19.5 Å². The van der Waals surface area contributed by atoms with E-state index in [-0.39, 0.29) is 5.04 Å². The molecule has 2 aliphatic rings. The Morgan fingerprint density at radius 1 is 1.24 bits per heavy atom. The SMILES string of the molecule is COC(=O)[C@]12C(=O)C=C[C@@H](O)C1=C(C)C=C[C@H]2O[Si](C)(C)C(C)(C)C. The largest absolute Gasteiger partial charge is 0.468 e. The fourth-order valence-corrected chi connectivity index (χ4v) is 4.43. The summed E-state index contributed by atoms with van der Waals surface area (Å²) in [7, 11) is -1.03. The van der Waals surface area contributed by atoms with E-state index in [1.54, 1.807) is 13.0 Å². The number of rotatable bonds is 3. The third-order valence-corrected chi connectivity index (χ3v) is 10.1. The zero-order valence-electron chi connectivity index (χ0n) is 16.0. The highest BCUT2D eigenvalue weighted by Crippen LogP contribution is 2.48. The van der Waals surface area contributed by atoms with E-state index < -0.39 is 37.7 Å². The van der Waals surface area contributed by atoms with Crippen molar-refractivity contribution in [3.63, 3.8) is 0 Å². The standard InChI is InChI=1S/C19H28O5Si/c1-12-8-11-15(24-25(6,7)18(2,3)4)19(17(22)23-5)14(21)10-9-13(20)16(12)19/h8-11,13,15,20H,1-7H3/t13-,15-,19+/m1/s1. The monoisotopic (exact) mass is 364 g/mol. The predicted octanol–water partition coefficient (Wildman–Crippen LogP) is 2.92. The Balaban J connectivity index is 2.66. The molecule has 0 fully saturated rings. The summed E-state index contributed by atoms with van der Waals surface area (Å²) in [6.07, 6.45) is 4.41. The quantitative estimate of drug-likeness (QED) is 0.473. The molecule has 0 bridgehead atoms. The first-order valence-corrected chi connectivity index (χ1v) is 11.4. The molecule has 5 nitrogen and oxygen atoms in total. The molecule has 138 valence electrons. The average molecular weight is 365 g/mol. The Hall–Kier alpha value is -1.50. The average Bonchev–Trinajstić information content (AvgIpc) is 2.50. The molecule has 0 saturated heterocycles. The normalized spacial score (nSPS) is 29.7. The van der Waals surface area contributed by atoms with Gasteiger partial charge in [0.1, 0.15) is 0 Å². The van der Waals surface area contributed by atoms with Gasteiger partial charge in [-0.05, 0) is 48.4 Å². The van der Waals surface area contributed by atoms with E-state index in [9.17, 15) is 14.7 Å². The summed E-state index contributed by atoms with van der Waals surface area (Å²) in [5, 5.41) is 10.4. The molecule has 0 aromatic carbocycles. The molecule has 0 unspecified atom stereocenters. The lowest BCUT2D eigenvalue weighted by molar-refractivity contribution is -0.160. The van der Waals surface area contributed by atoms with Crippen LogP contribution in [0.15, 0.2) is 35.5 Å². The summed E-state index contributed by atoms with van der Waals surface area (Å²) in [6.45, 7) is 12.2. The van der Waals surface area contributed by atoms with Crippen LogP contribution in [0.25, 0.3) is 0 Å². The van der Waals surface area contributed by atoms with Gasteiger partial charge in [0.25, 0.3) is 0 Å². The van der Waals surface area contributed by atoms with Crippen LogP contribution in [-0.4, -0.2) is 44.5 Å². The van der Waals surface area contributed by atoms with Gasteiger partial charge in [0.05, 0.1) is 19.3 Å². The molecule has 0 heterocycles. The van der Waals surface area contributed by atoms with Crippen molar-refractivity contribution >= 4 is 20.1 Å². The number of fused-ring (bicyclic) bond motifs is 1. The number of methoxy groups -OCH3 is 1. The van der Waals surface area contributed by atoms with Crippen LogP contribution in [0.4, 0.5) is 0 Å². The van der Waals surface area contributed by atoms with Gasteiger partial charge in [-0.15, -0.1) is 0 Å². The third-order valence-electron chi connectivity index (χ3n) is 5.65. The van der Waals surface area contributed by atoms with E-state index in [0.29, 0.717) is 11.1 Å². The van der Waals surface area contributed by atoms with E-state index >= 15 is 0 Å². The van der Waals surface area contributed by atoms with E-state index in [4.69, 9.17) is 9.16 Å². The lowest BCUT2D eigenvalue weighted by atomic mass is 9.63. The Bertz CT molecular complexity index is 680. The van der Waals surface area contributed by atoms with Gasteiger partial charge in [-0.1, -0.05) is 32.9 Å². The number of carbonyl (C=O) groups excluding carboxylic acids is 2. The van der Waals surface area contributed by atoms with Crippen molar-refractivity contribution in [3.05, 3.63) is 35.5 Å². The summed E-state index contributed by atoms with van der Waals surface area (Å²) in [5.41, 5.74) is -0.610. The third kappa shape index (κ3) is 2.96. The van der Waals surface area contributed by atoms with Crippen LogP contribution in [0.5, 0.6) is 0 Å². The molecule has 1 N–H and O–H groups in total. The van der Waals surface area contributed by atoms with Crippen LogP contribution in [0.3, 0.4) is 0 Å². The Morgan fingerprint density at radius 2 is 1.84 bits per heavy atom. The van der Waals surface area contributed by atoms with Crippen LogP contribution in [0.2, 0.25) is 18.1 Å². The summed E-state index contributed by atoms with van der Waals surface area (Å²) in [6, 6.07) is 0. The molecule has 6 heteroatoms. The van der Waals surface area contributed by atoms with E-state index in [1.807, 2.05) is 6.08 Å². The maximum absolute atomic E-state index is 13.0. The van der Waals surface area contributed by atoms with Gasteiger partial charge >= 0.3 is 5.97 Å². The number of carbonyl (C=O) groups is 2. The minimum absolute atomic E-state index is 0.0965. The number of ether oxygens (including phenoxy) is 1. The number of allylic oxidation sites excluding steroid dienone is 3. The number of ketones is 1. The summed E-state index contributed by atoms with van der Waals surface area (Å²) in [5.74, 6) is -1.10. The van der Waals surface area contributed by atoms with Crippen LogP contribution in [0.1, 0.15) is 27.7 Å². The number of aliphatic hydroxyl groups excluding tert-OH is 1. The molecule has 0 spiro atoms. The van der Waals surface area contributed by atoms with E-state index in [1.165, 1.54) is 19.3 Å². The van der Waals surface area contributed by atoms with E-state index in [0.717, 1.165) is 0 Å². The van der Waals surface area contributed by atoms with Crippen LogP contribution in [0, 0.1) is 5.41 Å². The molecule has 0 aromatic rings. The maximum Gasteiger partial charge on any atom is 0.327 e. The predicted molar refractivity (Wildman–Crippen MR) is 98.5 cm³/mol. The first-order valence-electron chi connectivity index (χ1n) is 8.46. The molecule has 25 heavy (non-hydrogen) atoms. The van der Waals surface area contributed by atoms with Gasteiger partial charge in [0.2, 0.25) is 0 Å². The topological polar surface area (TPSA) is 72.8 Å². The first kappa shape index (κ1) is 19.8. The van der Waals surface area contributed by atoms with Crippen molar-refractivity contribution in [2.75, 3.05) is 7.11 Å². The second kappa shape index (κ2) is 6.34. The Kier molecular flexibility index (Phi) is 5.02. The maximum atomic E-state index is 13.0. The molecule has 3 atom stereocenters. The first-order chi connectivity index (χ1) is 11.4. The Morgan fingerprint density at radius 3 is 2.36 bits per heavy atom. The zero-order valence-corrected chi connectivity index (χ0v) is 17.0. The second-order valence-electron chi connectivity index (χ2n) is 8.22. The summed E-state index contributed by atoms with van der Waals surface area (Å²) < 4.78 is 11.5. The summed E-state index contributed by atoms with van der Waals surface area (Å²) in [4.78, 5) is 25.8. The van der Waals surface area contributed by atoms with Crippen molar-refractivity contribution in [3.8, 4) is 0 Å². The molecular weight excluding hydrogens is 336 g/mol. The van der Waals surface area contributed by atoms with Gasteiger partial charge in [-0.3, -0.25) is 9.59 Å². The van der Waals surface area contributed by atoms with E-state index in [2.05, 4.69) is 33.9 Å². The van der Waals surface area contributed by atoms with Gasteiger partial charge in [0, 0.05) is 0 Å². The van der Waals surface area contributed by atoms with Gasteiger partial charge < -0.3 is 14.3 Å². The minimum atomic E-state index is -2.29. The number of hydrogen-bond acceptors (Lipinski definition) is 5. The van der Waals surface area contributed by atoms with Crippen LogP contribution >= 0.6 is 0 Å². The molecule has 0 aromatic heterocycles. The molecule has 0 aliphatic heterocycles. The lowest BCUT2D eigenvalue weighted by Gasteiger charge is -2.47. The fraction of sp³-hybridized carbons (Fsp3) is 0.579. The summed E-state index contributed by atoms with van der Waals surface area (Å²) >= 11 is 0. The van der Waals surface area contributed by atoms with Crippen molar-refractivity contribution in [2.24, 2.45) is 5.41 Å². The lowest BCUT2D eigenvalue weighted by Crippen LogP contribution is -2.59. The van der Waals surface area contributed by atoms with Gasteiger partial charge in [-0.2, -0.15) is 0 Å². The highest BCUT2D eigenvalue weighted by Gasteiger charge is 2.60. The highest BCUT2D eigenvalue weighted by molar-refractivity contribution is 6.74. The molecule has 0 saturated carbocycles. The molecular formula is C19H28O5Si. The minimum Gasteiger partial charge on any atom is -0.468 e. The number of hydrogen-bond donors (Lipinski definition) is 1. The van der Waals surface area contributed by atoms with Crippen molar-refractivity contribution in [2.45, 2.75) is 58.0 Å². The fourth-order valence-electron chi connectivity index (χ4n) is 3.19. The highest BCUT2D eigenvalue weighted by atomic mass is 28.4. The smallest absolute Gasteiger partial charge is 0.327 e. The molecule has 0 radical (unpaired) electrons. The van der Waals surface area contributed by atoms with Crippen molar-refractivity contribution < 1.29 is 23.9 Å². The number of esters is 1. The zero-order chi connectivity index (χ0) is 19.2.